The van der Waals surface area contributed by atoms with Crippen LogP contribution in [-0.4, -0.2) is 25.8 Å². The molecule has 0 aromatic heterocycles. The Labute approximate surface area is 130 Å². The third kappa shape index (κ3) is 3.96. The number of anilines is 1. The highest BCUT2D eigenvalue weighted by Gasteiger charge is 2.25. The Balaban J connectivity index is 3.08. The fourth-order valence-corrected chi connectivity index (χ4v) is 4.13. The molecule has 4 nitrogen and oxygen atoms in total. The lowest BCUT2D eigenvalue weighted by Crippen LogP contribution is -2.35. The number of nitrogen functional groups attached to an aromatic ring is 1. The molecule has 0 radical (unpaired) electrons. The zero-order valence-electron chi connectivity index (χ0n) is 12.3. The average molecular weight is 363 g/mol. The number of sulfonamides is 1. The van der Waals surface area contributed by atoms with Crippen molar-refractivity contribution < 1.29 is 8.42 Å². The summed E-state index contributed by atoms with van der Waals surface area (Å²) in [5, 5.41) is 0. The van der Waals surface area contributed by atoms with Crippen LogP contribution in [0.5, 0.6) is 0 Å². The van der Waals surface area contributed by atoms with Crippen LogP contribution < -0.4 is 5.73 Å². The zero-order valence-corrected chi connectivity index (χ0v) is 14.7. The maximum Gasteiger partial charge on any atom is 0.243 e. The Kier molecular flexibility index (Phi) is 6.48. The van der Waals surface area contributed by atoms with Crippen molar-refractivity contribution in [2.24, 2.45) is 5.92 Å². The second-order valence-corrected chi connectivity index (χ2v) is 7.61. The van der Waals surface area contributed by atoms with Crippen LogP contribution in [-0.2, 0) is 10.0 Å². The third-order valence-electron chi connectivity index (χ3n) is 3.58. The molecule has 0 spiro atoms. The van der Waals surface area contributed by atoms with Crippen molar-refractivity contribution >= 4 is 31.6 Å². The Morgan fingerprint density at radius 1 is 1.25 bits per heavy atom. The molecule has 0 saturated heterocycles. The van der Waals surface area contributed by atoms with E-state index in [1.165, 1.54) is 0 Å². The molecule has 6 heteroatoms. The Hall–Kier alpha value is -0.590. The van der Waals surface area contributed by atoms with Gasteiger partial charge in [0.1, 0.15) is 0 Å². The molecule has 0 saturated carbocycles. The van der Waals surface area contributed by atoms with Crippen molar-refractivity contribution in [1.29, 1.82) is 0 Å². The molecule has 2 N–H and O–H groups in total. The van der Waals surface area contributed by atoms with Crippen molar-refractivity contribution in [2.75, 3.05) is 18.8 Å². The summed E-state index contributed by atoms with van der Waals surface area (Å²) in [6.07, 6.45) is 1.96. The molecule has 0 aliphatic heterocycles. The van der Waals surface area contributed by atoms with Crippen LogP contribution in [0, 0.1) is 5.92 Å². The third-order valence-corrected chi connectivity index (χ3v) is 6.20. The van der Waals surface area contributed by atoms with E-state index in [-0.39, 0.29) is 4.90 Å². The van der Waals surface area contributed by atoms with Crippen molar-refractivity contribution in [2.45, 2.75) is 38.5 Å². The Morgan fingerprint density at radius 2 is 1.85 bits per heavy atom. The minimum atomic E-state index is -3.46. The van der Waals surface area contributed by atoms with E-state index in [4.69, 9.17) is 5.73 Å². The van der Waals surface area contributed by atoms with E-state index < -0.39 is 10.0 Å². The molecule has 0 amide bonds. The second kappa shape index (κ2) is 7.43. The van der Waals surface area contributed by atoms with E-state index in [0.29, 0.717) is 29.2 Å². The minimum Gasteiger partial charge on any atom is -0.398 e. The van der Waals surface area contributed by atoms with Gasteiger partial charge in [-0.25, -0.2) is 8.42 Å². The lowest BCUT2D eigenvalue weighted by atomic mass is 10.0. The molecule has 1 aromatic carbocycles. The van der Waals surface area contributed by atoms with E-state index in [0.717, 1.165) is 12.8 Å². The zero-order chi connectivity index (χ0) is 15.3. The number of hydrogen-bond donors (Lipinski definition) is 1. The van der Waals surface area contributed by atoms with E-state index in [1.807, 2.05) is 6.92 Å². The summed E-state index contributed by atoms with van der Waals surface area (Å²) in [5.41, 5.74) is 6.24. The first-order valence-electron chi connectivity index (χ1n) is 6.91. The number of nitrogens with zero attached hydrogens (tertiary/aromatic N) is 1. The first-order chi connectivity index (χ1) is 9.36. The van der Waals surface area contributed by atoms with Gasteiger partial charge < -0.3 is 5.73 Å². The Bertz CT molecular complexity index is 542. The van der Waals surface area contributed by atoms with Crippen LogP contribution in [0.25, 0.3) is 0 Å². The van der Waals surface area contributed by atoms with Crippen molar-refractivity contribution in [3.63, 3.8) is 0 Å². The summed E-state index contributed by atoms with van der Waals surface area (Å²) < 4.78 is 27.5. The van der Waals surface area contributed by atoms with Gasteiger partial charge in [0.2, 0.25) is 10.0 Å². The summed E-state index contributed by atoms with van der Waals surface area (Å²) >= 11 is 3.28. The van der Waals surface area contributed by atoms with Crippen LogP contribution in [0.3, 0.4) is 0 Å². The van der Waals surface area contributed by atoms with Crippen molar-refractivity contribution in [3.8, 4) is 0 Å². The van der Waals surface area contributed by atoms with Crippen LogP contribution in [0.4, 0.5) is 5.69 Å². The van der Waals surface area contributed by atoms with E-state index in [2.05, 4.69) is 29.8 Å². The summed E-state index contributed by atoms with van der Waals surface area (Å²) in [6, 6.07) is 4.74. The topological polar surface area (TPSA) is 63.4 Å². The summed E-state index contributed by atoms with van der Waals surface area (Å²) in [6.45, 7) is 7.09. The van der Waals surface area contributed by atoms with Gasteiger partial charge in [-0.05, 0) is 40.0 Å². The number of rotatable bonds is 7. The molecule has 0 aliphatic rings. The largest absolute Gasteiger partial charge is 0.398 e. The summed E-state index contributed by atoms with van der Waals surface area (Å²) in [7, 11) is -3.46. The summed E-state index contributed by atoms with van der Waals surface area (Å²) in [4.78, 5) is 0.284. The van der Waals surface area contributed by atoms with Crippen LogP contribution in [0.15, 0.2) is 27.6 Å². The van der Waals surface area contributed by atoms with Gasteiger partial charge in [0.25, 0.3) is 0 Å². The van der Waals surface area contributed by atoms with Crippen LogP contribution in [0.1, 0.15) is 33.6 Å². The SMILES string of the molecule is CCC(CC)CN(CC)S(=O)(=O)c1ccc(N)c(Br)c1. The first kappa shape index (κ1) is 17.5. The normalized spacial score (nSPS) is 12.3. The Morgan fingerprint density at radius 3 is 2.30 bits per heavy atom. The molecular weight excluding hydrogens is 340 g/mol. The number of benzene rings is 1. The molecule has 0 aliphatic carbocycles. The maximum absolute atomic E-state index is 12.7. The monoisotopic (exact) mass is 362 g/mol. The highest BCUT2D eigenvalue weighted by Crippen LogP contribution is 2.26. The smallest absolute Gasteiger partial charge is 0.243 e. The van der Waals surface area contributed by atoms with Crippen molar-refractivity contribution in [1.82, 2.24) is 4.31 Å². The van der Waals surface area contributed by atoms with Gasteiger partial charge in [0, 0.05) is 23.2 Å². The van der Waals surface area contributed by atoms with Gasteiger partial charge in [0.15, 0.2) is 0 Å². The van der Waals surface area contributed by atoms with Crippen LogP contribution >= 0.6 is 15.9 Å². The van der Waals surface area contributed by atoms with E-state index >= 15 is 0 Å². The van der Waals surface area contributed by atoms with E-state index in [1.54, 1.807) is 22.5 Å². The fourth-order valence-electron chi connectivity index (χ4n) is 2.05. The lowest BCUT2D eigenvalue weighted by molar-refractivity contribution is 0.339. The standard InChI is InChI=1S/C14H23BrN2O2S/c1-4-11(5-2)10-17(6-3)20(18,19)12-7-8-14(16)13(15)9-12/h7-9,11H,4-6,10,16H2,1-3H3. The molecule has 0 unspecified atom stereocenters. The quantitative estimate of drug-likeness (QED) is 0.755. The van der Waals surface area contributed by atoms with Gasteiger partial charge >= 0.3 is 0 Å². The van der Waals surface area contributed by atoms with Gasteiger partial charge in [-0.1, -0.05) is 33.6 Å². The first-order valence-corrected chi connectivity index (χ1v) is 9.15. The molecule has 0 fully saturated rings. The average Bonchev–Trinajstić information content (AvgIpc) is 2.42. The predicted molar refractivity (Wildman–Crippen MR) is 87.1 cm³/mol. The number of halogens is 1. The van der Waals surface area contributed by atoms with Crippen LogP contribution in [0.2, 0.25) is 0 Å². The molecule has 0 atom stereocenters. The van der Waals surface area contributed by atoms with Gasteiger partial charge in [-0.3, -0.25) is 0 Å². The molecule has 0 heterocycles. The number of nitrogens with two attached hydrogens (primary N) is 1. The van der Waals surface area contributed by atoms with E-state index in [9.17, 15) is 8.42 Å². The van der Waals surface area contributed by atoms with Gasteiger partial charge in [-0.2, -0.15) is 4.31 Å². The van der Waals surface area contributed by atoms with Crippen molar-refractivity contribution in [3.05, 3.63) is 22.7 Å². The summed E-state index contributed by atoms with van der Waals surface area (Å²) in [5.74, 6) is 0.391. The molecule has 20 heavy (non-hydrogen) atoms. The highest BCUT2D eigenvalue weighted by atomic mass is 79.9. The highest BCUT2D eigenvalue weighted by molar-refractivity contribution is 9.10. The molecule has 1 aromatic rings. The molecule has 0 bridgehead atoms. The number of hydrogen-bond acceptors (Lipinski definition) is 3. The molecule has 1 rings (SSSR count). The second-order valence-electron chi connectivity index (χ2n) is 4.82. The molecular formula is C14H23BrN2O2S. The van der Waals surface area contributed by atoms with Gasteiger partial charge in [0.05, 0.1) is 4.90 Å². The minimum absolute atomic E-state index is 0.284. The molecule has 114 valence electrons. The maximum atomic E-state index is 12.7. The van der Waals surface area contributed by atoms with Gasteiger partial charge in [-0.15, -0.1) is 0 Å². The predicted octanol–water partition coefficient (Wildman–Crippen LogP) is 3.48. The lowest BCUT2D eigenvalue weighted by Gasteiger charge is -2.25. The fraction of sp³-hybridized carbons (Fsp3) is 0.571.